The first-order valence-corrected chi connectivity index (χ1v) is 5.45. The first kappa shape index (κ1) is 11.0. The van der Waals surface area contributed by atoms with Crippen LogP contribution in [0.15, 0.2) is 35.5 Å². The molecule has 1 aromatic carbocycles. The molecular formula is C13H10N2O3. The van der Waals surface area contributed by atoms with Gasteiger partial charge in [-0.05, 0) is 6.92 Å². The van der Waals surface area contributed by atoms with Gasteiger partial charge in [0.15, 0.2) is 0 Å². The number of hydrogen-bond donors (Lipinski definition) is 3. The minimum absolute atomic E-state index is 0.133. The molecule has 0 bridgehead atoms. The molecule has 0 saturated carbocycles. The lowest BCUT2D eigenvalue weighted by Gasteiger charge is -2.31. The SMILES string of the molecule is CC1=C(C#N)[C@@]2(O)C(=O)c3ccccc3[C@@]2(O)N1. The van der Waals surface area contributed by atoms with Crippen molar-refractivity contribution in [2.75, 3.05) is 0 Å². The second-order valence-electron chi connectivity index (χ2n) is 4.53. The predicted molar refractivity (Wildman–Crippen MR) is 61.1 cm³/mol. The minimum Gasteiger partial charge on any atom is -0.372 e. The van der Waals surface area contributed by atoms with E-state index in [2.05, 4.69) is 5.32 Å². The van der Waals surface area contributed by atoms with Gasteiger partial charge in [-0.1, -0.05) is 24.3 Å². The fourth-order valence-corrected chi connectivity index (χ4v) is 2.77. The number of carbonyl (C=O) groups excluding carboxylic acids is 1. The molecule has 0 radical (unpaired) electrons. The molecule has 1 heterocycles. The number of carbonyl (C=O) groups is 1. The number of nitriles is 1. The third kappa shape index (κ3) is 0.883. The van der Waals surface area contributed by atoms with Crippen molar-refractivity contribution in [3.05, 3.63) is 46.7 Å². The van der Waals surface area contributed by atoms with Gasteiger partial charge in [0, 0.05) is 16.8 Å². The molecule has 3 rings (SSSR count). The van der Waals surface area contributed by atoms with Gasteiger partial charge in [0.05, 0.1) is 5.57 Å². The number of hydrogen-bond acceptors (Lipinski definition) is 5. The van der Waals surface area contributed by atoms with Crippen LogP contribution in [0.5, 0.6) is 0 Å². The zero-order chi connectivity index (χ0) is 13.1. The number of nitrogens with zero attached hydrogens (tertiary/aromatic N) is 1. The number of fused-ring (bicyclic) bond motifs is 3. The Hall–Kier alpha value is -2.16. The van der Waals surface area contributed by atoms with E-state index in [0.717, 1.165) is 0 Å². The third-order valence-electron chi connectivity index (χ3n) is 3.63. The number of ketones is 1. The van der Waals surface area contributed by atoms with Crippen molar-refractivity contribution in [1.29, 1.82) is 5.26 Å². The van der Waals surface area contributed by atoms with E-state index in [9.17, 15) is 15.0 Å². The Labute approximate surface area is 103 Å². The zero-order valence-electron chi connectivity index (χ0n) is 9.56. The van der Waals surface area contributed by atoms with Crippen LogP contribution in [0.1, 0.15) is 22.8 Å². The van der Waals surface area contributed by atoms with E-state index in [1.54, 1.807) is 31.2 Å². The number of rotatable bonds is 0. The van der Waals surface area contributed by atoms with E-state index in [4.69, 9.17) is 5.26 Å². The second-order valence-corrected chi connectivity index (χ2v) is 4.53. The highest BCUT2D eigenvalue weighted by atomic mass is 16.4. The van der Waals surface area contributed by atoms with E-state index >= 15 is 0 Å². The second kappa shape index (κ2) is 2.99. The quantitative estimate of drug-likeness (QED) is 0.602. The molecule has 1 aromatic rings. The van der Waals surface area contributed by atoms with E-state index < -0.39 is 17.1 Å². The molecular weight excluding hydrogens is 232 g/mol. The number of allylic oxidation sites excluding steroid dienone is 1. The first-order valence-electron chi connectivity index (χ1n) is 5.45. The highest BCUT2D eigenvalue weighted by molar-refractivity contribution is 6.11. The van der Waals surface area contributed by atoms with Crippen LogP contribution in [0.4, 0.5) is 0 Å². The van der Waals surface area contributed by atoms with Crippen LogP contribution in [-0.2, 0) is 5.72 Å². The molecule has 90 valence electrons. The number of nitrogens with one attached hydrogen (secondary N) is 1. The summed E-state index contributed by atoms with van der Waals surface area (Å²) in [6.07, 6.45) is 0. The molecule has 1 aliphatic heterocycles. The highest BCUT2D eigenvalue weighted by Gasteiger charge is 2.68. The number of benzene rings is 1. The first-order chi connectivity index (χ1) is 8.46. The normalized spacial score (nSPS) is 32.9. The van der Waals surface area contributed by atoms with E-state index in [-0.39, 0.29) is 11.1 Å². The number of aliphatic hydroxyl groups is 2. The van der Waals surface area contributed by atoms with E-state index in [1.165, 1.54) is 6.07 Å². The molecule has 2 aliphatic rings. The van der Waals surface area contributed by atoms with Crippen molar-refractivity contribution in [3.63, 3.8) is 0 Å². The molecule has 3 N–H and O–H groups in total. The zero-order valence-corrected chi connectivity index (χ0v) is 9.56. The van der Waals surface area contributed by atoms with E-state index in [0.29, 0.717) is 11.3 Å². The lowest BCUT2D eigenvalue weighted by Crippen LogP contribution is -2.55. The molecule has 0 saturated heterocycles. The molecule has 5 heteroatoms. The maximum atomic E-state index is 12.3. The summed E-state index contributed by atoms with van der Waals surface area (Å²) in [7, 11) is 0. The summed E-state index contributed by atoms with van der Waals surface area (Å²) < 4.78 is 0. The summed E-state index contributed by atoms with van der Waals surface area (Å²) in [6, 6.07) is 8.20. The van der Waals surface area contributed by atoms with Gasteiger partial charge >= 0.3 is 0 Å². The molecule has 18 heavy (non-hydrogen) atoms. The monoisotopic (exact) mass is 242 g/mol. The largest absolute Gasteiger partial charge is 0.372 e. The van der Waals surface area contributed by atoms with Crippen molar-refractivity contribution in [1.82, 2.24) is 5.32 Å². The van der Waals surface area contributed by atoms with E-state index in [1.807, 2.05) is 0 Å². The molecule has 0 spiro atoms. The van der Waals surface area contributed by atoms with Crippen LogP contribution >= 0.6 is 0 Å². The Morgan fingerprint density at radius 3 is 2.67 bits per heavy atom. The Balaban J connectivity index is 2.35. The predicted octanol–water partition coefficient (Wildman–Crippen LogP) is 0.160. The van der Waals surface area contributed by atoms with Crippen LogP contribution in [0.25, 0.3) is 0 Å². The highest BCUT2D eigenvalue weighted by Crippen LogP contribution is 2.50. The summed E-state index contributed by atoms with van der Waals surface area (Å²) in [5, 5.41) is 32.9. The van der Waals surface area contributed by atoms with Gasteiger partial charge in [-0.15, -0.1) is 0 Å². The summed E-state index contributed by atoms with van der Waals surface area (Å²) in [5.41, 5.74) is -3.47. The lowest BCUT2D eigenvalue weighted by atomic mass is 9.86. The Bertz CT molecular complexity index is 658. The van der Waals surface area contributed by atoms with Crippen LogP contribution in [0.2, 0.25) is 0 Å². The van der Waals surface area contributed by atoms with Crippen molar-refractivity contribution >= 4 is 5.78 Å². The van der Waals surface area contributed by atoms with Crippen LogP contribution in [-0.4, -0.2) is 21.6 Å². The maximum absolute atomic E-state index is 12.3. The van der Waals surface area contributed by atoms with Gasteiger partial charge in [0.25, 0.3) is 0 Å². The van der Waals surface area contributed by atoms with Gasteiger partial charge in [0.2, 0.25) is 17.1 Å². The molecule has 0 amide bonds. The standard InChI is InChI=1S/C13H10N2O3/c1-7-10(6-14)12(17)11(16)8-4-2-3-5-9(8)13(12,18)15-7/h2-5,15,17-18H,1H3/t12-,13+/m1/s1. The summed E-state index contributed by atoms with van der Waals surface area (Å²) in [6.45, 7) is 1.54. The maximum Gasteiger partial charge on any atom is 0.216 e. The van der Waals surface area contributed by atoms with Crippen molar-refractivity contribution < 1.29 is 15.0 Å². The summed E-state index contributed by atoms with van der Waals surface area (Å²) in [4.78, 5) is 12.3. The molecule has 0 unspecified atom stereocenters. The average Bonchev–Trinajstić information content (AvgIpc) is 2.65. The lowest BCUT2D eigenvalue weighted by molar-refractivity contribution is -0.104. The smallest absolute Gasteiger partial charge is 0.216 e. The van der Waals surface area contributed by atoms with Crippen LogP contribution in [0, 0.1) is 11.3 Å². The summed E-state index contributed by atoms with van der Waals surface area (Å²) in [5.74, 6) is -0.651. The average molecular weight is 242 g/mol. The fourth-order valence-electron chi connectivity index (χ4n) is 2.77. The van der Waals surface area contributed by atoms with Gasteiger partial charge in [-0.25, -0.2) is 0 Å². The van der Waals surface area contributed by atoms with Crippen molar-refractivity contribution in [2.45, 2.75) is 18.2 Å². The van der Waals surface area contributed by atoms with Crippen LogP contribution < -0.4 is 5.32 Å². The molecule has 2 atom stereocenters. The Morgan fingerprint density at radius 2 is 2.00 bits per heavy atom. The molecule has 0 fully saturated rings. The van der Waals surface area contributed by atoms with Crippen molar-refractivity contribution in [2.24, 2.45) is 0 Å². The van der Waals surface area contributed by atoms with Gasteiger partial charge in [-0.3, -0.25) is 4.79 Å². The fraction of sp³-hybridized carbons (Fsp3) is 0.231. The van der Waals surface area contributed by atoms with Gasteiger partial charge < -0.3 is 15.5 Å². The van der Waals surface area contributed by atoms with Crippen LogP contribution in [0.3, 0.4) is 0 Å². The Kier molecular flexibility index (Phi) is 1.82. The Morgan fingerprint density at radius 1 is 1.33 bits per heavy atom. The van der Waals surface area contributed by atoms with Gasteiger partial charge in [0.1, 0.15) is 6.07 Å². The molecule has 0 aromatic heterocycles. The van der Waals surface area contributed by atoms with Gasteiger partial charge in [-0.2, -0.15) is 5.26 Å². The third-order valence-corrected chi connectivity index (χ3v) is 3.63. The summed E-state index contributed by atoms with van der Waals surface area (Å²) >= 11 is 0. The molecule has 1 aliphatic carbocycles. The number of Topliss-reactive ketones (excluding diaryl/α,β-unsaturated/α-hetero) is 1. The molecule has 5 nitrogen and oxygen atoms in total. The minimum atomic E-state index is -2.23. The van der Waals surface area contributed by atoms with Crippen molar-refractivity contribution in [3.8, 4) is 6.07 Å². The topological polar surface area (TPSA) is 93.3 Å².